The maximum absolute atomic E-state index is 12.7. The minimum absolute atomic E-state index is 0.0697. The quantitative estimate of drug-likeness (QED) is 0.0295. The van der Waals surface area contributed by atoms with Gasteiger partial charge in [-0.25, -0.2) is 4.57 Å². The Kier molecular flexibility index (Phi) is 34.2. The standard InChI is InChI=1S/C39H73N2O6P/c1-3-5-7-9-11-13-15-17-18-19-20-21-23-25-27-29-31-33-39(43)41-37(36-47-48(44,45)46-35-34-40)38(42)32-30-28-26-24-22-16-14-12-10-8-6-4-2/h10,12,17-18,22,24,30,32,37-38,42H,3-9,11,13-16,19-21,23,25-29,31,33-36,40H2,1-2H3,(H,41,43)(H,44,45)/b12-10+,18-17-,24-22+,32-30+. The predicted molar refractivity (Wildman–Crippen MR) is 203 cm³/mol. The third kappa shape index (κ3) is 33.0. The van der Waals surface area contributed by atoms with Crippen molar-refractivity contribution >= 4 is 13.7 Å². The predicted octanol–water partition coefficient (Wildman–Crippen LogP) is 10.2. The molecule has 0 aliphatic carbocycles. The molecule has 0 aromatic heterocycles. The zero-order valence-electron chi connectivity index (χ0n) is 30.7. The van der Waals surface area contributed by atoms with Crippen LogP contribution < -0.4 is 11.1 Å². The number of carbonyl (C=O) groups excluding carboxylic acids is 1. The van der Waals surface area contributed by atoms with Gasteiger partial charge in [-0.15, -0.1) is 0 Å². The molecule has 0 heterocycles. The molecule has 0 fully saturated rings. The summed E-state index contributed by atoms with van der Waals surface area (Å²) in [6.07, 6.45) is 41.6. The summed E-state index contributed by atoms with van der Waals surface area (Å²) in [7, 11) is -4.34. The van der Waals surface area contributed by atoms with Gasteiger partial charge in [0.1, 0.15) is 0 Å². The van der Waals surface area contributed by atoms with Crippen LogP contribution in [0.3, 0.4) is 0 Å². The van der Waals surface area contributed by atoms with Crippen molar-refractivity contribution in [2.45, 2.75) is 174 Å². The number of amides is 1. The number of hydrogen-bond acceptors (Lipinski definition) is 6. The van der Waals surface area contributed by atoms with Crippen LogP contribution >= 0.6 is 7.82 Å². The molecule has 8 nitrogen and oxygen atoms in total. The van der Waals surface area contributed by atoms with Gasteiger partial charge in [-0.3, -0.25) is 13.8 Å². The van der Waals surface area contributed by atoms with Crippen LogP contribution in [0.1, 0.15) is 162 Å². The summed E-state index contributed by atoms with van der Waals surface area (Å²) < 4.78 is 22.0. The maximum atomic E-state index is 12.7. The Bertz CT molecular complexity index is 892. The number of hydrogen-bond donors (Lipinski definition) is 4. The molecule has 1 amide bonds. The number of nitrogens with two attached hydrogens (primary N) is 1. The summed E-state index contributed by atoms with van der Waals surface area (Å²) in [6, 6.07) is -0.884. The van der Waals surface area contributed by atoms with Crippen molar-refractivity contribution in [2.24, 2.45) is 5.73 Å². The summed E-state index contributed by atoms with van der Waals surface area (Å²) in [6.45, 7) is 4.03. The summed E-state index contributed by atoms with van der Waals surface area (Å²) in [5, 5.41) is 13.6. The van der Waals surface area contributed by atoms with E-state index in [4.69, 9.17) is 14.8 Å². The van der Waals surface area contributed by atoms with Crippen LogP contribution in [0.5, 0.6) is 0 Å². The van der Waals surface area contributed by atoms with Crippen molar-refractivity contribution in [2.75, 3.05) is 19.8 Å². The van der Waals surface area contributed by atoms with Gasteiger partial charge in [0.2, 0.25) is 5.91 Å². The zero-order valence-corrected chi connectivity index (χ0v) is 31.6. The maximum Gasteiger partial charge on any atom is 0.472 e. The topological polar surface area (TPSA) is 131 Å². The molecule has 0 spiro atoms. The Labute approximate surface area is 294 Å². The number of unbranched alkanes of at least 4 members (excludes halogenated alkanes) is 17. The molecular formula is C39H73N2O6P. The monoisotopic (exact) mass is 697 g/mol. The Morgan fingerprint density at radius 2 is 1.12 bits per heavy atom. The molecule has 0 aliphatic heterocycles. The first-order chi connectivity index (χ1) is 23.4. The Hall–Kier alpha value is -1.54. The number of carbonyl (C=O) groups is 1. The molecule has 9 heteroatoms. The normalized spacial score (nSPS) is 14.9. The van der Waals surface area contributed by atoms with Crippen molar-refractivity contribution in [3.8, 4) is 0 Å². The molecule has 280 valence electrons. The fourth-order valence-electron chi connectivity index (χ4n) is 5.14. The second-order valence-electron chi connectivity index (χ2n) is 12.8. The zero-order chi connectivity index (χ0) is 35.4. The Balaban J connectivity index is 4.34. The van der Waals surface area contributed by atoms with Crippen LogP contribution in [0.4, 0.5) is 0 Å². The van der Waals surface area contributed by atoms with Gasteiger partial charge >= 0.3 is 7.82 Å². The summed E-state index contributed by atoms with van der Waals surface area (Å²) in [5.41, 5.74) is 5.35. The average Bonchev–Trinajstić information content (AvgIpc) is 3.07. The van der Waals surface area contributed by atoms with Crippen LogP contribution in [0, 0.1) is 0 Å². The fraction of sp³-hybridized carbons (Fsp3) is 0.769. The highest BCUT2D eigenvalue weighted by atomic mass is 31.2. The average molecular weight is 697 g/mol. The lowest BCUT2D eigenvalue weighted by molar-refractivity contribution is -0.123. The van der Waals surface area contributed by atoms with E-state index in [1.807, 2.05) is 6.08 Å². The molecule has 48 heavy (non-hydrogen) atoms. The van der Waals surface area contributed by atoms with Gasteiger partial charge in [0.05, 0.1) is 25.4 Å². The number of aliphatic hydroxyl groups excluding tert-OH is 1. The smallest absolute Gasteiger partial charge is 0.387 e. The highest BCUT2D eigenvalue weighted by Gasteiger charge is 2.26. The van der Waals surface area contributed by atoms with Crippen LogP contribution in [0.2, 0.25) is 0 Å². The lowest BCUT2D eigenvalue weighted by Gasteiger charge is -2.23. The van der Waals surface area contributed by atoms with Gasteiger partial charge in [-0.1, -0.05) is 140 Å². The fourth-order valence-corrected chi connectivity index (χ4v) is 5.90. The van der Waals surface area contributed by atoms with E-state index in [1.165, 1.54) is 89.9 Å². The van der Waals surface area contributed by atoms with E-state index >= 15 is 0 Å². The highest BCUT2D eigenvalue weighted by molar-refractivity contribution is 7.47. The van der Waals surface area contributed by atoms with E-state index < -0.39 is 20.0 Å². The van der Waals surface area contributed by atoms with Gasteiger partial charge in [0, 0.05) is 13.0 Å². The molecule has 0 saturated heterocycles. The summed E-state index contributed by atoms with van der Waals surface area (Å²) >= 11 is 0. The van der Waals surface area contributed by atoms with Crippen LogP contribution in [0.25, 0.3) is 0 Å². The third-order valence-corrected chi connectivity index (χ3v) is 9.09. The molecule has 0 aromatic carbocycles. The van der Waals surface area contributed by atoms with Crippen molar-refractivity contribution in [1.29, 1.82) is 0 Å². The van der Waals surface area contributed by atoms with E-state index in [9.17, 15) is 19.4 Å². The number of phosphoric acid groups is 1. The number of nitrogens with one attached hydrogen (secondary N) is 1. The summed E-state index contributed by atoms with van der Waals surface area (Å²) in [4.78, 5) is 22.6. The van der Waals surface area contributed by atoms with E-state index in [-0.39, 0.29) is 25.7 Å². The lowest BCUT2D eigenvalue weighted by Crippen LogP contribution is -2.45. The molecule has 0 saturated carbocycles. The van der Waals surface area contributed by atoms with Gasteiger partial charge in [0.25, 0.3) is 0 Å². The van der Waals surface area contributed by atoms with Gasteiger partial charge in [-0.2, -0.15) is 0 Å². The molecule has 0 bridgehead atoms. The molecular weight excluding hydrogens is 623 g/mol. The Morgan fingerprint density at radius 1 is 0.667 bits per heavy atom. The Morgan fingerprint density at radius 3 is 1.67 bits per heavy atom. The first-order valence-electron chi connectivity index (χ1n) is 19.3. The molecule has 0 aliphatic rings. The molecule has 0 radical (unpaired) electrons. The molecule has 0 aromatic rings. The second-order valence-corrected chi connectivity index (χ2v) is 14.2. The van der Waals surface area contributed by atoms with Crippen LogP contribution in [-0.2, 0) is 18.4 Å². The van der Waals surface area contributed by atoms with E-state index in [0.717, 1.165) is 51.4 Å². The SMILES string of the molecule is CCCC/C=C/CC/C=C/CC/C=C/C(O)C(COP(=O)(O)OCCN)NC(=O)CCCCCCCCC/C=C\CCCCCCCC. The number of rotatable bonds is 35. The van der Waals surface area contributed by atoms with Crippen molar-refractivity contribution < 1.29 is 28.4 Å². The molecule has 3 unspecified atom stereocenters. The van der Waals surface area contributed by atoms with Crippen molar-refractivity contribution in [3.63, 3.8) is 0 Å². The largest absolute Gasteiger partial charge is 0.472 e. The minimum atomic E-state index is -4.34. The summed E-state index contributed by atoms with van der Waals surface area (Å²) in [5.74, 6) is -0.217. The number of allylic oxidation sites excluding steroid dienone is 7. The highest BCUT2D eigenvalue weighted by Crippen LogP contribution is 2.43. The first kappa shape index (κ1) is 46.5. The van der Waals surface area contributed by atoms with Crippen LogP contribution in [0.15, 0.2) is 48.6 Å². The number of phosphoric ester groups is 1. The number of aliphatic hydroxyl groups is 1. The lowest BCUT2D eigenvalue weighted by atomic mass is 10.1. The van der Waals surface area contributed by atoms with E-state index in [2.05, 4.69) is 55.6 Å². The molecule has 0 rings (SSSR count). The molecule has 5 N–H and O–H groups in total. The van der Waals surface area contributed by atoms with Gasteiger partial charge < -0.3 is 21.1 Å². The first-order valence-corrected chi connectivity index (χ1v) is 20.8. The second kappa shape index (κ2) is 35.3. The van der Waals surface area contributed by atoms with Crippen molar-refractivity contribution in [1.82, 2.24) is 5.32 Å². The van der Waals surface area contributed by atoms with Gasteiger partial charge in [0.15, 0.2) is 0 Å². The van der Waals surface area contributed by atoms with Crippen molar-refractivity contribution in [3.05, 3.63) is 48.6 Å². The van der Waals surface area contributed by atoms with Crippen LogP contribution in [-0.4, -0.2) is 47.8 Å². The van der Waals surface area contributed by atoms with E-state index in [0.29, 0.717) is 6.42 Å². The third-order valence-electron chi connectivity index (χ3n) is 8.10. The molecule has 3 atom stereocenters. The van der Waals surface area contributed by atoms with Gasteiger partial charge in [-0.05, 0) is 64.2 Å². The van der Waals surface area contributed by atoms with E-state index in [1.54, 1.807) is 6.08 Å². The minimum Gasteiger partial charge on any atom is -0.387 e.